The molecule has 1 saturated heterocycles. The smallest absolute Gasteiger partial charge is 0.373 e. The number of hydrogen-bond acceptors (Lipinski definition) is 7. The van der Waals surface area contributed by atoms with Gasteiger partial charge in [0.1, 0.15) is 11.5 Å². The highest BCUT2D eigenvalue weighted by Gasteiger charge is 2.34. The summed E-state index contributed by atoms with van der Waals surface area (Å²) in [5, 5.41) is 2.90. The molecular weight excluding hydrogens is 428 g/mol. The topological polar surface area (TPSA) is 107 Å². The van der Waals surface area contributed by atoms with Gasteiger partial charge in [0.25, 0.3) is 5.91 Å². The fourth-order valence-electron chi connectivity index (χ4n) is 2.91. The number of carbonyl (C=O) groups is 3. The molecule has 2 aromatic rings. The summed E-state index contributed by atoms with van der Waals surface area (Å²) in [5.41, 5.74) is 0.497. The molecule has 3 amide bonds. The largest absolute Gasteiger partial charge is 0.493 e. The van der Waals surface area contributed by atoms with Crippen molar-refractivity contribution in [3.05, 3.63) is 52.1 Å². The second-order valence-electron chi connectivity index (χ2n) is 6.83. The molecule has 3 rings (SSSR count). The monoisotopic (exact) mass is 448 g/mol. The summed E-state index contributed by atoms with van der Waals surface area (Å²) in [5.74, 6) is -0.219. The van der Waals surface area contributed by atoms with E-state index in [1.54, 1.807) is 12.1 Å². The molecule has 0 saturated carbocycles. The molecule has 10 heteroatoms. The molecule has 0 aliphatic carbocycles. The second-order valence-corrected chi connectivity index (χ2v) is 7.27. The Labute approximate surface area is 183 Å². The van der Waals surface area contributed by atoms with Crippen LogP contribution in [0.3, 0.4) is 0 Å². The Morgan fingerprint density at radius 2 is 2.00 bits per heavy atom. The van der Waals surface area contributed by atoms with Gasteiger partial charge in [-0.05, 0) is 38.1 Å². The van der Waals surface area contributed by atoms with Crippen molar-refractivity contribution >= 4 is 35.6 Å². The van der Waals surface area contributed by atoms with Gasteiger partial charge in [0, 0.05) is 16.7 Å². The summed E-state index contributed by atoms with van der Waals surface area (Å²) in [4.78, 5) is 37.7. The molecule has 0 radical (unpaired) electrons. The quantitative estimate of drug-likeness (QED) is 0.391. The van der Waals surface area contributed by atoms with Crippen LogP contribution < -0.4 is 14.8 Å². The van der Waals surface area contributed by atoms with E-state index in [0.29, 0.717) is 22.1 Å². The van der Waals surface area contributed by atoms with Gasteiger partial charge in [-0.1, -0.05) is 11.6 Å². The number of esters is 1. The number of nitrogens with one attached hydrogen (secondary N) is 1. The van der Waals surface area contributed by atoms with Crippen LogP contribution in [0, 0.1) is 0 Å². The lowest BCUT2D eigenvalue weighted by molar-refractivity contribution is -0.123. The van der Waals surface area contributed by atoms with Crippen LogP contribution in [0.15, 0.2) is 34.4 Å². The zero-order valence-electron chi connectivity index (χ0n) is 17.4. The lowest BCUT2D eigenvalue weighted by atomic mass is 10.1. The van der Waals surface area contributed by atoms with E-state index in [4.69, 9.17) is 25.5 Å². The third-order valence-corrected chi connectivity index (χ3v) is 4.46. The summed E-state index contributed by atoms with van der Waals surface area (Å²) in [6, 6.07) is 5.46. The number of benzene rings is 1. The maximum absolute atomic E-state index is 12.8. The number of urea groups is 1. The molecule has 164 valence electrons. The van der Waals surface area contributed by atoms with E-state index in [9.17, 15) is 14.4 Å². The average molecular weight is 449 g/mol. The van der Waals surface area contributed by atoms with E-state index in [1.807, 2.05) is 13.8 Å². The minimum atomic E-state index is -0.656. The zero-order chi connectivity index (χ0) is 22.7. The van der Waals surface area contributed by atoms with E-state index in [0.717, 1.165) is 4.90 Å². The van der Waals surface area contributed by atoms with E-state index >= 15 is 0 Å². The number of hydrogen-bond donors (Lipinski definition) is 1. The normalized spacial score (nSPS) is 14.9. The molecule has 1 aromatic carbocycles. The standard InChI is InChI=1S/C21H21ClN2O7/c1-11(2)30-18-12(7-13(22)9-17(18)28-3)8-15-19(25)24(21(27)23-15)10-14-5-6-16(31-14)20(26)29-4/h5-9,11H,10H2,1-4H3,(H,23,27)/b15-8-. The Bertz CT molecular complexity index is 1060. The van der Waals surface area contributed by atoms with Crippen molar-refractivity contribution in [1.29, 1.82) is 0 Å². The molecule has 9 nitrogen and oxygen atoms in total. The summed E-state index contributed by atoms with van der Waals surface area (Å²) in [7, 11) is 2.70. The molecule has 1 aliphatic heterocycles. The van der Waals surface area contributed by atoms with Crippen molar-refractivity contribution in [3.8, 4) is 11.5 Å². The van der Waals surface area contributed by atoms with E-state index < -0.39 is 17.9 Å². The van der Waals surface area contributed by atoms with E-state index in [-0.39, 0.29) is 29.9 Å². The van der Waals surface area contributed by atoms with Crippen LogP contribution >= 0.6 is 11.6 Å². The molecular formula is C21H21ClN2O7. The van der Waals surface area contributed by atoms with Crippen LogP contribution in [-0.4, -0.2) is 43.1 Å². The number of nitrogens with zero attached hydrogens (tertiary/aromatic N) is 1. The Morgan fingerprint density at radius 3 is 2.65 bits per heavy atom. The van der Waals surface area contributed by atoms with Crippen LogP contribution in [0.4, 0.5) is 4.79 Å². The first-order chi connectivity index (χ1) is 14.7. The first kappa shape index (κ1) is 22.2. The Hall–Kier alpha value is -3.46. The fraction of sp³-hybridized carbons (Fsp3) is 0.286. The number of ether oxygens (including phenoxy) is 3. The zero-order valence-corrected chi connectivity index (χ0v) is 18.1. The maximum Gasteiger partial charge on any atom is 0.373 e. The Morgan fingerprint density at radius 1 is 1.26 bits per heavy atom. The van der Waals surface area contributed by atoms with Crippen LogP contribution in [-0.2, 0) is 16.1 Å². The van der Waals surface area contributed by atoms with Gasteiger partial charge in [0.2, 0.25) is 5.76 Å². The van der Waals surface area contributed by atoms with E-state index in [1.165, 1.54) is 32.4 Å². The third kappa shape index (κ3) is 4.83. The summed E-state index contributed by atoms with van der Waals surface area (Å²) >= 11 is 6.17. The van der Waals surface area contributed by atoms with Crippen molar-refractivity contribution in [1.82, 2.24) is 10.2 Å². The van der Waals surface area contributed by atoms with Gasteiger partial charge in [0.05, 0.1) is 26.9 Å². The third-order valence-electron chi connectivity index (χ3n) is 4.25. The molecule has 1 fully saturated rings. The lowest BCUT2D eigenvalue weighted by Gasteiger charge is -2.16. The van der Waals surface area contributed by atoms with Gasteiger partial charge in [-0.3, -0.25) is 9.69 Å². The molecule has 0 spiro atoms. The molecule has 1 N–H and O–H groups in total. The van der Waals surface area contributed by atoms with Gasteiger partial charge in [-0.2, -0.15) is 0 Å². The first-order valence-corrected chi connectivity index (χ1v) is 9.67. The van der Waals surface area contributed by atoms with Crippen molar-refractivity contribution in [2.45, 2.75) is 26.5 Å². The molecule has 0 bridgehead atoms. The van der Waals surface area contributed by atoms with Crippen LogP contribution in [0.25, 0.3) is 6.08 Å². The van der Waals surface area contributed by atoms with Gasteiger partial charge < -0.3 is 23.9 Å². The van der Waals surface area contributed by atoms with Gasteiger partial charge in [-0.25, -0.2) is 9.59 Å². The molecule has 0 unspecified atom stereocenters. The number of halogens is 1. The number of rotatable bonds is 7. The van der Waals surface area contributed by atoms with Crippen LogP contribution in [0.2, 0.25) is 5.02 Å². The minimum absolute atomic E-state index is 0.0261. The second kappa shape index (κ2) is 9.13. The summed E-state index contributed by atoms with van der Waals surface area (Å²) in [6.07, 6.45) is 1.30. The van der Waals surface area contributed by atoms with E-state index in [2.05, 4.69) is 10.1 Å². The van der Waals surface area contributed by atoms with Gasteiger partial charge in [-0.15, -0.1) is 0 Å². The minimum Gasteiger partial charge on any atom is -0.493 e. The highest BCUT2D eigenvalue weighted by molar-refractivity contribution is 6.31. The molecule has 0 atom stereocenters. The number of amides is 3. The fourth-order valence-corrected chi connectivity index (χ4v) is 3.13. The van der Waals surface area contributed by atoms with Gasteiger partial charge >= 0.3 is 12.0 Å². The lowest BCUT2D eigenvalue weighted by Crippen LogP contribution is -2.30. The van der Waals surface area contributed by atoms with Crippen molar-refractivity contribution in [2.24, 2.45) is 0 Å². The number of methoxy groups -OCH3 is 2. The highest BCUT2D eigenvalue weighted by Crippen LogP contribution is 2.37. The molecule has 1 aromatic heterocycles. The maximum atomic E-state index is 12.8. The van der Waals surface area contributed by atoms with Crippen molar-refractivity contribution in [2.75, 3.05) is 14.2 Å². The SMILES string of the molecule is COC(=O)c1ccc(CN2C(=O)N/C(=C\c3cc(Cl)cc(OC)c3OC(C)C)C2=O)o1. The van der Waals surface area contributed by atoms with Crippen molar-refractivity contribution in [3.63, 3.8) is 0 Å². The predicted octanol–water partition coefficient (Wildman–Crippen LogP) is 3.61. The number of furan rings is 1. The van der Waals surface area contributed by atoms with Gasteiger partial charge in [0.15, 0.2) is 11.5 Å². The predicted molar refractivity (Wildman–Crippen MR) is 111 cm³/mol. The molecule has 2 heterocycles. The Kier molecular flexibility index (Phi) is 6.55. The molecule has 1 aliphatic rings. The summed E-state index contributed by atoms with van der Waals surface area (Å²) in [6.45, 7) is 3.54. The van der Waals surface area contributed by atoms with Crippen molar-refractivity contribution < 1.29 is 33.0 Å². The Balaban J connectivity index is 1.89. The first-order valence-electron chi connectivity index (χ1n) is 9.29. The molecule has 31 heavy (non-hydrogen) atoms. The summed E-state index contributed by atoms with van der Waals surface area (Å²) < 4.78 is 21.1. The number of imide groups is 1. The number of carbonyl (C=O) groups excluding carboxylic acids is 3. The average Bonchev–Trinajstić information content (AvgIpc) is 3.29. The van der Waals surface area contributed by atoms with Crippen LogP contribution in [0.5, 0.6) is 11.5 Å². The highest BCUT2D eigenvalue weighted by atomic mass is 35.5. The van der Waals surface area contributed by atoms with Crippen LogP contribution in [0.1, 0.15) is 35.7 Å².